The number of nitrogens with two attached hydrogens (primary N) is 1. The molecule has 1 saturated carbocycles. The summed E-state index contributed by atoms with van der Waals surface area (Å²) < 4.78 is 5.83. The number of aryl methyl sites for hydroxylation is 3. The van der Waals surface area contributed by atoms with Gasteiger partial charge in [-0.05, 0) is 38.8 Å². The minimum atomic E-state index is -0.571. The second kappa shape index (κ2) is 6.26. The van der Waals surface area contributed by atoms with E-state index >= 15 is 0 Å². The minimum absolute atomic E-state index is 0.206. The van der Waals surface area contributed by atoms with Gasteiger partial charge in [-0.25, -0.2) is 9.97 Å². The van der Waals surface area contributed by atoms with Crippen LogP contribution in [0.2, 0.25) is 0 Å². The first-order valence-corrected chi connectivity index (χ1v) is 9.73. The Labute approximate surface area is 167 Å². The lowest BCUT2D eigenvalue weighted by Crippen LogP contribution is -2.14. The van der Waals surface area contributed by atoms with Gasteiger partial charge in [-0.3, -0.25) is 14.2 Å². The number of hydrogen-bond acceptors (Lipinski definition) is 5. The normalized spacial score (nSPS) is 14.0. The van der Waals surface area contributed by atoms with Crippen LogP contribution in [0.15, 0.2) is 24.5 Å². The quantitative estimate of drug-likeness (QED) is 0.563. The summed E-state index contributed by atoms with van der Waals surface area (Å²) in [4.78, 5) is 21.4. The summed E-state index contributed by atoms with van der Waals surface area (Å²) in [6.45, 7) is 4.80. The summed E-state index contributed by atoms with van der Waals surface area (Å²) in [6, 6.07) is 4.10. The number of hydrogen-bond donors (Lipinski definition) is 1. The molecule has 1 aliphatic rings. The van der Waals surface area contributed by atoms with Gasteiger partial charge in [0.25, 0.3) is 5.91 Å². The molecule has 0 saturated heterocycles. The Bertz CT molecular complexity index is 1260. The van der Waals surface area contributed by atoms with Gasteiger partial charge in [-0.15, -0.1) is 0 Å². The van der Waals surface area contributed by atoms with E-state index in [0.29, 0.717) is 11.7 Å². The lowest BCUT2D eigenvalue weighted by Gasteiger charge is -2.08. The smallest absolute Gasteiger partial charge is 0.267 e. The van der Waals surface area contributed by atoms with E-state index in [4.69, 9.17) is 10.7 Å². The van der Waals surface area contributed by atoms with Crippen molar-refractivity contribution in [2.45, 2.75) is 39.3 Å². The van der Waals surface area contributed by atoms with Crippen LogP contribution in [-0.2, 0) is 13.6 Å². The number of carbonyl (C=O) groups is 1. The number of pyridine rings is 1. The van der Waals surface area contributed by atoms with Crippen LogP contribution in [0.3, 0.4) is 0 Å². The van der Waals surface area contributed by atoms with Crippen LogP contribution in [0.25, 0.3) is 33.8 Å². The Hall–Kier alpha value is -3.49. The van der Waals surface area contributed by atoms with E-state index in [1.54, 1.807) is 16.9 Å². The monoisotopic (exact) mass is 390 g/mol. The highest BCUT2D eigenvalue weighted by atomic mass is 16.1. The number of amides is 1. The molecular formula is C20H22N8O. The number of fused-ring (bicyclic) bond motifs is 1. The zero-order chi connectivity index (χ0) is 20.3. The highest BCUT2D eigenvalue weighted by molar-refractivity contribution is 5.99. The zero-order valence-electron chi connectivity index (χ0n) is 16.6. The van der Waals surface area contributed by atoms with Crippen molar-refractivity contribution < 1.29 is 4.79 Å². The van der Waals surface area contributed by atoms with Gasteiger partial charge in [0, 0.05) is 31.2 Å². The summed E-state index contributed by atoms with van der Waals surface area (Å²) >= 11 is 0. The first-order valence-electron chi connectivity index (χ1n) is 9.73. The summed E-state index contributed by atoms with van der Waals surface area (Å²) in [7, 11) is 1.83. The van der Waals surface area contributed by atoms with Gasteiger partial charge in [0.15, 0.2) is 5.82 Å². The van der Waals surface area contributed by atoms with Crippen molar-refractivity contribution in [1.82, 2.24) is 34.1 Å². The third-order valence-electron chi connectivity index (χ3n) is 5.35. The summed E-state index contributed by atoms with van der Waals surface area (Å²) in [6.07, 6.45) is 6.02. The molecule has 1 amide bonds. The van der Waals surface area contributed by atoms with E-state index in [-0.39, 0.29) is 5.69 Å². The SMILES string of the molecule is CCn1nc(C)cc1-c1cn(C2CC2)c(-c2nc(C(N)=O)cc3c2cnn3C)n1. The van der Waals surface area contributed by atoms with E-state index in [0.717, 1.165) is 53.2 Å². The van der Waals surface area contributed by atoms with Crippen molar-refractivity contribution in [2.24, 2.45) is 12.8 Å². The molecule has 9 heteroatoms. The molecule has 4 aromatic heterocycles. The van der Waals surface area contributed by atoms with Crippen molar-refractivity contribution in [3.8, 4) is 22.9 Å². The van der Waals surface area contributed by atoms with Gasteiger partial charge in [-0.1, -0.05) is 0 Å². The molecule has 1 aliphatic carbocycles. The van der Waals surface area contributed by atoms with E-state index in [2.05, 4.69) is 32.9 Å². The zero-order valence-corrected chi connectivity index (χ0v) is 16.6. The third kappa shape index (κ3) is 2.81. The van der Waals surface area contributed by atoms with Crippen LogP contribution in [-0.4, -0.2) is 40.0 Å². The van der Waals surface area contributed by atoms with E-state index in [9.17, 15) is 4.79 Å². The predicted molar refractivity (Wildman–Crippen MR) is 108 cm³/mol. The Balaban J connectivity index is 1.76. The van der Waals surface area contributed by atoms with Gasteiger partial charge in [0.2, 0.25) is 0 Å². The maximum Gasteiger partial charge on any atom is 0.267 e. The molecule has 0 atom stereocenters. The van der Waals surface area contributed by atoms with Gasteiger partial charge in [-0.2, -0.15) is 10.2 Å². The predicted octanol–water partition coefficient (Wildman–Crippen LogP) is 2.46. The maximum absolute atomic E-state index is 11.9. The molecule has 4 aromatic rings. The summed E-state index contributed by atoms with van der Waals surface area (Å²) in [5.41, 5.74) is 9.95. The van der Waals surface area contributed by atoms with Crippen LogP contribution < -0.4 is 5.73 Å². The second-order valence-corrected chi connectivity index (χ2v) is 7.50. The molecule has 29 heavy (non-hydrogen) atoms. The van der Waals surface area contributed by atoms with Crippen molar-refractivity contribution in [1.29, 1.82) is 0 Å². The fraction of sp³-hybridized carbons (Fsp3) is 0.350. The van der Waals surface area contributed by atoms with E-state index < -0.39 is 5.91 Å². The summed E-state index contributed by atoms with van der Waals surface area (Å²) in [5, 5.41) is 9.73. The average molecular weight is 390 g/mol. The van der Waals surface area contributed by atoms with Crippen LogP contribution in [0.1, 0.15) is 42.0 Å². The van der Waals surface area contributed by atoms with Crippen LogP contribution >= 0.6 is 0 Å². The molecular weight excluding hydrogens is 368 g/mol. The van der Waals surface area contributed by atoms with Gasteiger partial charge >= 0.3 is 0 Å². The first kappa shape index (κ1) is 17.6. The molecule has 0 bridgehead atoms. The molecule has 0 spiro atoms. The molecule has 9 nitrogen and oxygen atoms in total. The van der Waals surface area contributed by atoms with Crippen molar-refractivity contribution in [3.63, 3.8) is 0 Å². The molecule has 0 aromatic carbocycles. The number of rotatable bonds is 5. The molecule has 0 radical (unpaired) electrons. The fourth-order valence-electron chi connectivity index (χ4n) is 3.76. The molecule has 1 fully saturated rings. The first-order chi connectivity index (χ1) is 14.0. The molecule has 0 unspecified atom stereocenters. The average Bonchev–Trinajstić information content (AvgIpc) is 3.16. The molecule has 0 aliphatic heterocycles. The molecule has 4 heterocycles. The van der Waals surface area contributed by atoms with Gasteiger partial charge in [0.05, 0.1) is 23.1 Å². The summed E-state index contributed by atoms with van der Waals surface area (Å²) in [5.74, 6) is 0.156. The highest BCUT2D eigenvalue weighted by Crippen LogP contribution is 2.40. The topological polar surface area (TPSA) is 109 Å². The lowest BCUT2D eigenvalue weighted by atomic mass is 10.2. The number of carbonyl (C=O) groups excluding carboxylic acids is 1. The minimum Gasteiger partial charge on any atom is -0.364 e. The standard InChI is InChI=1S/C20H22N8O/c1-4-28-17(7-11(2)25-28)15-10-27(12-5-6-12)20(24-15)18-13-9-22-26(3)16(13)8-14(23-18)19(21)29/h7-10,12H,4-6H2,1-3H3,(H2,21,29). The number of nitrogens with zero attached hydrogens (tertiary/aromatic N) is 7. The van der Waals surface area contributed by atoms with Crippen molar-refractivity contribution >= 4 is 16.8 Å². The highest BCUT2D eigenvalue weighted by Gasteiger charge is 2.30. The Kier molecular flexibility index (Phi) is 3.80. The Morgan fingerprint density at radius 3 is 2.76 bits per heavy atom. The van der Waals surface area contributed by atoms with Gasteiger partial charge in [0.1, 0.15) is 17.1 Å². The number of primary amides is 1. The third-order valence-corrected chi connectivity index (χ3v) is 5.35. The Morgan fingerprint density at radius 2 is 2.07 bits per heavy atom. The maximum atomic E-state index is 11.9. The van der Waals surface area contributed by atoms with Crippen molar-refractivity contribution in [2.75, 3.05) is 0 Å². The Morgan fingerprint density at radius 1 is 1.28 bits per heavy atom. The number of imidazole rings is 1. The van der Waals surface area contributed by atoms with E-state index in [1.165, 1.54) is 0 Å². The van der Waals surface area contributed by atoms with Crippen LogP contribution in [0, 0.1) is 6.92 Å². The molecule has 5 rings (SSSR count). The lowest BCUT2D eigenvalue weighted by molar-refractivity contribution is 0.0996. The molecule has 2 N–H and O–H groups in total. The van der Waals surface area contributed by atoms with Gasteiger partial charge < -0.3 is 10.3 Å². The van der Waals surface area contributed by atoms with Crippen LogP contribution in [0.4, 0.5) is 0 Å². The fourth-order valence-corrected chi connectivity index (χ4v) is 3.76. The molecule has 148 valence electrons. The van der Waals surface area contributed by atoms with Crippen molar-refractivity contribution in [3.05, 3.63) is 35.9 Å². The largest absolute Gasteiger partial charge is 0.364 e. The second-order valence-electron chi connectivity index (χ2n) is 7.50. The van der Waals surface area contributed by atoms with Crippen LogP contribution in [0.5, 0.6) is 0 Å². The number of aromatic nitrogens is 7. The van der Waals surface area contributed by atoms with E-state index in [1.807, 2.05) is 24.7 Å².